The lowest BCUT2D eigenvalue weighted by atomic mass is 10.0. The second kappa shape index (κ2) is 3.34. The van der Waals surface area contributed by atoms with Crippen LogP contribution in [0.3, 0.4) is 0 Å². The van der Waals surface area contributed by atoms with E-state index in [0.717, 1.165) is 7.11 Å². The Hall–Kier alpha value is -2.37. The zero-order valence-electron chi connectivity index (χ0n) is 8.23. The van der Waals surface area contributed by atoms with Crippen molar-refractivity contribution in [2.24, 2.45) is 0 Å². The van der Waals surface area contributed by atoms with Gasteiger partial charge in [0.05, 0.1) is 18.2 Å². The van der Waals surface area contributed by atoms with Crippen molar-refractivity contribution >= 4 is 17.8 Å². The number of imide groups is 1. The van der Waals surface area contributed by atoms with Crippen molar-refractivity contribution in [3.05, 3.63) is 28.8 Å². The fourth-order valence-electron chi connectivity index (χ4n) is 1.52. The lowest BCUT2D eigenvalue weighted by Crippen LogP contribution is -2.20. The Morgan fingerprint density at radius 1 is 1.31 bits per heavy atom. The van der Waals surface area contributed by atoms with Gasteiger partial charge in [0, 0.05) is 0 Å². The maximum Gasteiger partial charge on any atom is 0.341 e. The molecule has 16 heavy (non-hydrogen) atoms. The Balaban J connectivity index is 2.65. The first-order chi connectivity index (χ1) is 7.56. The maximum absolute atomic E-state index is 11.3. The number of nitrogens with one attached hydrogen (secondary N) is 1. The van der Waals surface area contributed by atoms with E-state index < -0.39 is 23.5 Å². The molecule has 1 aromatic carbocycles. The summed E-state index contributed by atoms with van der Waals surface area (Å²) in [6, 6.07) is 2.53. The number of methoxy groups -OCH3 is 1. The molecule has 2 amide bonds. The predicted molar refractivity (Wildman–Crippen MR) is 51.2 cm³/mol. The number of aromatic hydroxyl groups is 1. The van der Waals surface area contributed by atoms with Crippen molar-refractivity contribution < 1.29 is 24.2 Å². The summed E-state index contributed by atoms with van der Waals surface area (Å²) < 4.78 is 4.42. The van der Waals surface area contributed by atoms with Gasteiger partial charge in [-0.2, -0.15) is 0 Å². The molecule has 1 aliphatic rings. The van der Waals surface area contributed by atoms with Gasteiger partial charge in [-0.05, 0) is 12.1 Å². The fraction of sp³-hybridized carbons (Fsp3) is 0.100. The normalized spacial score (nSPS) is 13.3. The minimum atomic E-state index is -0.771. The minimum Gasteiger partial charge on any atom is -0.506 e. The van der Waals surface area contributed by atoms with Crippen LogP contribution in [0.4, 0.5) is 0 Å². The van der Waals surface area contributed by atoms with Gasteiger partial charge in [-0.25, -0.2) is 4.79 Å². The molecule has 0 radical (unpaired) electrons. The fourth-order valence-corrected chi connectivity index (χ4v) is 1.52. The zero-order chi connectivity index (χ0) is 11.9. The summed E-state index contributed by atoms with van der Waals surface area (Å²) in [5, 5.41) is 11.7. The number of carbonyl (C=O) groups is 3. The SMILES string of the molecule is COC(=O)c1ccc2c(c1O)C(=O)NC2=O. The van der Waals surface area contributed by atoms with Crippen LogP contribution in [0.25, 0.3) is 0 Å². The number of benzene rings is 1. The summed E-state index contributed by atoms with van der Waals surface area (Å²) in [5.41, 5.74) is -0.283. The van der Waals surface area contributed by atoms with Gasteiger partial charge in [-0.15, -0.1) is 0 Å². The average Bonchev–Trinajstić information content (AvgIpc) is 2.54. The quantitative estimate of drug-likeness (QED) is 0.516. The van der Waals surface area contributed by atoms with E-state index in [1.165, 1.54) is 12.1 Å². The van der Waals surface area contributed by atoms with Crippen LogP contribution in [0.15, 0.2) is 12.1 Å². The van der Waals surface area contributed by atoms with Gasteiger partial charge < -0.3 is 9.84 Å². The van der Waals surface area contributed by atoms with Gasteiger partial charge in [-0.1, -0.05) is 0 Å². The van der Waals surface area contributed by atoms with Crippen LogP contribution < -0.4 is 5.32 Å². The topological polar surface area (TPSA) is 92.7 Å². The Morgan fingerprint density at radius 2 is 2.00 bits per heavy atom. The Labute approximate surface area is 89.8 Å². The summed E-state index contributed by atoms with van der Waals surface area (Å²) in [7, 11) is 1.15. The van der Waals surface area contributed by atoms with Gasteiger partial charge in [0.2, 0.25) is 0 Å². The summed E-state index contributed by atoms with van der Waals surface area (Å²) in [6.07, 6.45) is 0. The van der Waals surface area contributed by atoms with Gasteiger partial charge in [-0.3, -0.25) is 14.9 Å². The van der Waals surface area contributed by atoms with E-state index in [4.69, 9.17) is 0 Å². The zero-order valence-corrected chi connectivity index (χ0v) is 8.23. The average molecular weight is 221 g/mol. The molecule has 0 unspecified atom stereocenters. The third-order valence-corrected chi connectivity index (χ3v) is 2.28. The lowest BCUT2D eigenvalue weighted by molar-refractivity contribution is 0.0597. The van der Waals surface area contributed by atoms with E-state index in [2.05, 4.69) is 4.74 Å². The van der Waals surface area contributed by atoms with Crippen LogP contribution in [-0.4, -0.2) is 30.0 Å². The molecule has 6 heteroatoms. The number of hydrogen-bond acceptors (Lipinski definition) is 5. The van der Waals surface area contributed by atoms with Crippen molar-refractivity contribution in [2.75, 3.05) is 7.11 Å². The van der Waals surface area contributed by atoms with E-state index in [9.17, 15) is 19.5 Å². The molecule has 1 aromatic rings. The summed E-state index contributed by atoms with van der Waals surface area (Å²) in [4.78, 5) is 33.8. The van der Waals surface area contributed by atoms with Crippen LogP contribution in [0.1, 0.15) is 31.1 Å². The van der Waals surface area contributed by atoms with E-state index in [0.29, 0.717) is 0 Å². The molecular weight excluding hydrogens is 214 g/mol. The molecule has 0 saturated carbocycles. The van der Waals surface area contributed by atoms with Crippen molar-refractivity contribution in [3.8, 4) is 5.75 Å². The number of carbonyl (C=O) groups excluding carboxylic acids is 3. The predicted octanol–water partition coefficient (Wildman–Crippen LogP) is 0.0624. The number of fused-ring (bicyclic) bond motifs is 1. The molecule has 1 heterocycles. The van der Waals surface area contributed by atoms with Gasteiger partial charge in [0.15, 0.2) is 0 Å². The second-order valence-electron chi connectivity index (χ2n) is 3.16. The molecule has 2 rings (SSSR count). The molecule has 82 valence electrons. The highest BCUT2D eigenvalue weighted by Crippen LogP contribution is 2.29. The number of ether oxygens (including phenoxy) is 1. The Morgan fingerprint density at radius 3 is 2.62 bits per heavy atom. The molecule has 0 saturated heterocycles. The minimum absolute atomic E-state index is 0.0511. The number of phenolic OH excluding ortho intramolecular Hbond substituents is 1. The van der Waals surface area contributed by atoms with Crippen molar-refractivity contribution in [2.45, 2.75) is 0 Å². The molecule has 2 N–H and O–H groups in total. The van der Waals surface area contributed by atoms with E-state index in [-0.39, 0.29) is 16.7 Å². The van der Waals surface area contributed by atoms with Crippen molar-refractivity contribution in [3.63, 3.8) is 0 Å². The third kappa shape index (κ3) is 1.23. The standard InChI is InChI=1S/C10H7NO5/c1-16-10(15)5-3-2-4-6(7(5)12)9(14)11-8(4)13/h2-3,12H,1H3,(H,11,13,14). The molecular formula is C10H7NO5. The van der Waals surface area contributed by atoms with Crippen LogP contribution in [-0.2, 0) is 4.74 Å². The molecule has 6 nitrogen and oxygen atoms in total. The summed E-state index contributed by atoms with van der Waals surface area (Å²) >= 11 is 0. The molecule has 0 fully saturated rings. The number of phenols is 1. The summed E-state index contributed by atoms with van der Waals surface area (Å²) in [5.74, 6) is -2.62. The van der Waals surface area contributed by atoms with Crippen LogP contribution in [0, 0.1) is 0 Å². The van der Waals surface area contributed by atoms with E-state index in [1.807, 2.05) is 5.32 Å². The van der Waals surface area contributed by atoms with Crippen molar-refractivity contribution in [1.29, 1.82) is 0 Å². The van der Waals surface area contributed by atoms with Gasteiger partial charge in [0.1, 0.15) is 11.3 Å². The highest BCUT2D eigenvalue weighted by molar-refractivity contribution is 6.23. The van der Waals surface area contributed by atoms with Gasteiger partial charge in [0.25, 0.3) is 11.8 Å². The number of amides is 2. The van der Waals surface area contributed by atoms with E-state index >= 15 is 0 Å². The number of esters is 1. The first-order valence-corrected chi connectivity index (χ1v) is 4.36. The highest BCUT2D eigenvalue weighted by Gasteiger charge is 2.32. The molecule has 1 aliphatic heterocycles. The molecule has 0 bridgehead atoms. The van der Waals surface area contributed by atoms with Gasteiger partial charge >= 0.3 is 5.97 Å². The van der Waals surface area contributed by atoms with Crippen LogP contribution in [0.5, 0.6) is 5.75 Å². The van der Waals surface area contributed by atoms with Crippen LogP contribution in [0.2, 0.25) is 0 Å². The second-order valence-corrected chi connectivity index (χ2v) is 3.16. The Bertz CT molecular complexity index is 520. The number of rotatable bonds is 1. The largest absolute Gasteiger partial charge is 0.506 e. The first kappa shape index (κ1) is 10.2. The monoisotopic (exact) mass is 221 g/mol. The summed E-state index contributed by atoms with van der Waals surface area (Å²) in [6.45, 7) is 0. The smallest absolute Gasteiger partial charge is 0.341 e. The molecule has 0 aromatic heterocycles. The first-order valence-electron chi connectivity index (χ1n) is 4.36. The number of hydrogen-bond donors (Lipinski definition) is 2. The lowest BCUT2D eigenvalue weighted by Gasteiger charge is -2.04. The highest BCUT2D eigenvalue weighted by atomic mass is 16.5. The Kier molecular flexibility index (Phi) is 2.12. The third-order valence-electron chi connectivity index (χ3n) is 2.28. The van der Waals surface area contributed by atoms with Crippen molar-refractivity contribution in [1.82, 2.24) is 5.32 Å². The molecule has 0 atom stereocenters. The van der Waals surface area contributed by atoms with Crippen LogP contribution >= 0.6 is 0 Å². The van der Waals surface area contributed by atoms with E-state index in [1.54, 1.807) is 0 Å². The maximum atomic E-state index is 11.3. The molecule has 0 aliphatic carbocycles. The molecule has 0 spiro atoms.